The van der Waals surface area contributed by atoms with Crippen LogP contribution >= 0.6 is 11.3 Å². The molecule has 0 unspecified atom stereocenters. The molecule has 0 radical (unpaired) electrons. The molecule has 0 saturated heterocycles. The number of nitrogens with one attached hydrogen (secondary N) is 1. The van der Waals surface area contributed by atoms with Crippen LogP contribution in [-0.2, 0) is 0 Å². The lowest BCUT2D eigenvalue weighted by molar-refractivity contribution is 0.531. The summed E-state index contributed by atoms with van der Waals surface area (Å²) >= 11 is 1.46. The number of halogens is 1. The maximum atomic E-state index is 13.1. The zero-order chi connectivity index (χ0) is 12.7. The highest BCUT2D eigenvalue weighted by atomic mass is 32.1. The normalized spacial score (nSPS) is 11.0. The molecule has 3 aromatic rings. The standard InChI is InChI=1S/C13H9FN2OS/c1-7-6-18-13(16-7)10-4-8-2-3-9(14)5-11(8)17-12(10)15/h2-6,15H,1H3. The molecule has 1 N–H and O–H groups in total. The fraction of sp³-hybridized carbons (Fsp3) is 0.0769. The molecule has 0 aliphatic rings. The molecule has 2 heterocycles. The van der Waals surface area contributed by atoms with Gasteiger partial charge in [0.1, 0.15) is 16.4 Å². The van der Waals surface area contributed by atoms with Crippen molar-refractivity contribution < 1.29 is 8.81 Å². The first kappa shape index (κ1) is 11.1. The van der Waals surface area contributed by atoms with Gasteiger partial charge in [-0.05, 0) is 25.1 Å². The van der Waals surface area contributed by atoms with E-state index in [1.807, 2.05) is 12.3 Å². The van der Waals surface area contributed by atoms with Crippen molar-refractivity contribution in [1.29, 1.82) is 5.41 Å². The molecule has 0 atom stereocenters. The lowest BCUT2D eigenvalue weighted by atomic mass is 10.2. The first-order chi connectivity index (χ1) is 8.63. The van der Waals surface area contributed by atoms with Crippen LogP contribution in [0.2, 0.25) is 0 Å². The zero-order valence-electron chi connectivity index (χ0n) is 9.53. The van der Waals surface area contributed by atoms with Gasteiger partial charge in [0.05, 0.1) is 5.56 Å². The monoisotopic (exact) mass is 260 g/mol. The Morgan fingerprint density at radius 3 is 2.89 bits per heavy atom. The molecule has 0 amide bonds. The van der Waals surface area contributed by atoms with Crippen LogP contribution in [0, 0.1) is 18.2 Å². The van der Waals surface area contributed by atoms with Gasteiger partial charge in [0.2, 0.25) is 5.55 Å². The van der Waals surface area contributed by atoms with Gasteiger partial charge in [0.15, 0.2) is 0 Å². The van der Waals surface area contributed by atoms with E-state index >= 15 is 0 Å². The van der Waals surface area contributed by atoms with Crippen molar-refractivity contribution in [1.82, 2.24) is 4.98 Å². The number of benzene rings is 1. The fourth-order valence-electron chi connectivity index (χ4n) is 1.74. The highest BCUT2D eigenvalue weighted by molar-refractivity contribution is 7.13. The Labute approximate surface area is 106 Å². The SMILES string of the molecule is Cc1csc(-c2cc3ccc(F)cc3oc2=N)n1. The molecular formula is C13H9FN2OS. The second-order valence-electron chi connectivity index (χ2n) is 3.97. The van der Waals surface area contributed by atoms with E-state index in [9.17, 15) is 4.39 Å². The van der Waals surface area contributed by atoms with Crippen molar-refractivity contribution in [2.75, 3.05) is 0 Å². The maximum Gasteiger partial charge on any atom is 0.222 e. The van der Waals surface area contributed by atoms with Gasteiger partial charge in [-0.25, -0.2) is 9.37 Å². The molecule has 0 aliphatic carbocycles. The van der Waals surface area contributed by atoms with Crippen LogP contribution in [0.5, 0.6) is 0 Å². The van der Waals surface area contributed by atoms with Crippen LogP contribution in [-0.4, -0.2) is 4.98 Å². The van der Waals surface area contributed by atoms with Gasteiger partial charge >= 0.3 is 0 Å². The third-order valence-electron chi connectivity index (χ3n) is 2.58. The topological polar surface area (TPSA) is 49.9 Å². The summed E-state index contributed by atoms with van der Waals surface area (Å²) in [6, 6.07) is 6.10. The van der Waals surface area contributed by atoms with Gasteiger partial charge in [0.25, 0.3) is 0 Å². The first-order valence-corrected chi connectivity index (χ1v) is 6.22. The van der Waals surface area contributed by atoms with Gasteiger partial charge in [-0.1, -0.05) is 0 Å². The molecule has 0 aliphatic heterocycles. The number of fused-ring (bicyclic) bond motifs is 1. The third-order valence-corrected chi connectivity index (χ3v) is 3.57. The van der Waals surface area contributed by atoms with Crippen LogP contribution in [0.3, 0.4) is 0 Å². The molecule has 3 rings (SSSR count). The highest BCUT2D eigenvalue weighted by Crippen LogP contribution is 2.24. The van der Waals surface area contributed by atoms with E-state index < -0.39 is 0 Å². The Kier molecular flexibility index (Phi) is 2.48. The molecule has 0 fully saturated rings. The van der Waals surface area contributed by atoms with Gasteiger partial charge in [0, 0.05) is 22.5 Å². The van der Waals surface area contributed by atoms with Crippen LogP contribution in [0.1, 0.15) is 5.69 Å². The highest BCUT2D eigenvalue weighted by Gasteiger charge is 2.09. The number of thiazole rings is 1. The summed E-state index contributed by atoms with van der Waals surface area (Å²) in [4.78, 5) is 4.33. The second kappa shape index (κ2) is 4.03. The molecule has 0 bridgehead atoms. The van der Waals surface area contributed by atoms with Gasteiger partial charge in [-0.3, -0.25) is 5.41 Å². The van der Waals surface area contributed by atoms with Gasteiger partial charge in [-0.15, -0.1) is 11.3 Å². The van der Waals surface area contributed by atoms with E-state index in [4.69, 9.17) is 9.83 Å². The molecule has 18 heavy (non-hydrogen) atoms. The molecular weight excluding hydrogens is 251 g/mol. The maximum absolute atomic E-state index is 13.1. The Morgan fingerprint density at radius 2 is 2.17 bits per heavy atom. The average molecular weight is 260 g/mol. The number of hydrogen-bond acceptors (Lipinski definition) is 4. The number of aryl methyl sites for hydroxylation is 1. The van der Waals surface area contributed by atoms with Crippen molar-refractivity contribution in [3.05, 3.63) is 46.7 Å². The van der Waals surface area contributed by atoms with Crippen molar-refractivity contribution >= 4 is 22.3 Å². The van der Waals surface area contributed by atoms with E-state index in [1.165, 1.54) is 23.5 Å². The van der Waals surface area contributed by atoms with Gasteiger partial charge < -0.3 is 4.42 Å². The molecule has 0 spiro atoms. The van der Waals surface area contributed by atoms with Crippen molar-refractivity contribution in [2.45, 2.75) is 6.92 Å². The Bertz CT molecular complexity index is 791. The van der Waals surface area contributed by atoms with Crippen LogP contribution in [0.25, 0.3) is 21.5 Å². The average Bonchev–Trinajstić information content (AvgIpc) is 2.74. The minimum Gasteiger partial charge on any atom is -0.438 e. The number of rotatable bonds is 1. The molecule has 3 nitrogen and oxygen atoms in total. The summed E-state index contributed by atoms with van der Waals surface area (Å²) in [6.45, 7) is 1.90. The number of hydrogen-bond donors (Lipinski definition) is 1. The van der Waals surface area contributed by atoms with E-state index in [-0.39, 0.29) is 11.4 Å². The van der Waals surface area contributed by atoms with E-state index in [0.29, 0.717) is 11.1 Å². The van der Waals surface area contributed by atoms with Crippen LogP contribution in [0.4, 0.5) is 4.39 Å². The molecule has 2 aromatic heterocycles. The van der Waals surface area contributed by atoms with Crippen LogP contribution < -0.4 is 5.55 Å². The Morgan fingerprint density at radius 1 is 1.33 bits per heavy atom. The van der Waals surface area contributed by atoms with E-state index in [1.54, 1.807) is 12.1 Å². The summed E-state index contributed by atoms with van der Waals surface area (Å²) in [5, 5.41) is 11.3. The number of aromatic nitrogens is 1. The lowest BCUT2D eigenvalue weighted by Gasteiger charge is -2.01. The van der Waals surface area contributed by atoms with Gasteiger partial charge in [-0.2, -0.15) is 0 Å². The summed E-state index contributed by atoms with van der Waals surface area (Å²) in [6.07, 6.45) is 0. The van der Waals surface area contributed by atoms with Crippen molar-refractivity contribution in [3.8, 4) is 10.6 Å². The summed E-state index contributed by atoms with van der Waals surface area (Å²) in [5.74, 6) is -0.372. The minimum absolute atomic E-state index is 0.00227. The first-order valence-electron chi connectivity index (χ1n) is 5.34. The molecule has 5 heteroatoms. The van der Waals surface area contributed by atoms with Crippen LogP contribution in [0.15, 0.2) is 34.1 Å². The Balaban J connectivity index is 2.28. The summed E-state index contributed by atoms with van der Waals surface area (Å²) in [7, 11) is 0. The Hall–Kier alpha value is -2.01. The molecule has 90 valence electrons. The van der Waals surface area contributed by atoms with E-state index in [2.05, 4.69) is 4.98 Å². The quantitative estimate of drug-likeness (QED) is 0.728. The minimum atomic E-state index is -0.372. The number of nitrogens with zero attached hydrogens (tertiary/aromatic N) is 1. The molecule has 1 aromatic carbocycles. The van der Waals surface area contributed by atoms with Crippen molar-refractivity contribution in [2.24, 2.45) is 0 Å². The van der Waals surface area contributed by atoms with E-state index in [0.717, 1.165) is 16.1 Å². The predicted molar refractivity (Wildman–Crippen MR) is 67.9 cm³/mol. The van der Waals surface area contributed by atoms with Crippen molar-refractivity contribution in [3.63, 3.8) is 0 Å². The summed E-state index contributed by atoms with van der Waals surface area (Å²) < 4.78 is 18.4. The fourth-order valence-corrected chi connectivity index (χ4v) is 2.55. The zero-order valence-corrected chi connectivity index (χ0v) is 10.3. The lowest BCUT2D eigenvalue weighted by Crippen LogP contribution is -2.02. The molecule has 0 saturated carbocycles. The second-order valence-corrected chi connectivity index (χ2v) is 4.82. The largest absolute Gasteiger partial charge is 0.438 e. The smallest absolute Gasteiger partial charge is 0.222 e. The predicted octanol–water partition coefficient (Wildman–Crippen LogP) is 3.48. The summed E-state index contributed by atoms with van der Waals surface area (Å²) in [5.41, 5.74) is 1.92. The third kappa shape index (κ3) is 1.82.